The van der Waals surface area contributed by atoms with Crippen molar-refractivity contribution in [2.24, 2.45) is 0 Å². The van der Waals surface area contributed by atoms with Crippen molar-refractivity contribution in [1.82, 2.24) is 0 Å². The summed E-state index contributed by atoms with van der Waals surface area (Å²) in [5.74, 6) is -4.10. The van der Waals surface area contributed by atoms with Crippen LogP contribution in [0.25, 0.3) is 0 Å². The summed E-state index contributed by atoms with van der Waals surface area (Å²) in [5, 5.41) is 9.74. The van der Waals surface area contributed by atoms with Gasteiger partial charge < -0.3 is 19.5 Å². The molecule has 1 heterocycles. The number of rotatable bonds is 6. The van der Waals surface area contributed by atoms with Gasteiger partial charge in [-0.1, -0.05) is 12.1 Å². The third-order valence-electron chi connectivity index (χ3n) is 4.36. The topological polar surface area (TPSA) is 59.0 Å². The molecule has 5 nitrogen and oxygen atoms in total. The summed E-state index contributed by atoms with van der Waals surface area (Å²) >= 11 is 0. The monoisotopic (exact) mass is 393 g/mol. The lowest BCUT2D eigenvalue weighted by Gasteiger charge is -2.37. The molecule has 1 aliphatic heterocycles. The molecule has 1 unspecified atom stereocenters. The molecule has 8 heteroatoms. The standard InChI is InChI=1S/C20H18F3NO4/c1-3-28-19-17(20(25)26)18(27-2)13-8-14(22)15(23)9-16(13)24(19)10-11-5-4-6-12(21)7-11/h4-9,18H,3,10H2,1-2H3,(H,25,26). The molecule has 28 heavy (non-hydrogen) atoms. The summed E-state index contributed by atoms with van der Waals surface area (Å²) in [6.45, 7) is 1.77. The molecule has 0 amide bonds. The number of nitrogens with zero attached hydrogens (tertiary/aromatic N) is 1. The summed E-state index contributed by atoms with van der Waals surface area (Å²) in [7, 11) is 1.27. The average Bonchev–Trinajstić information content (AvgIpc) is 2.64. The first-order chi connectivity index (χ1) is 13.4. The molecule has 148 valence electrons. The summed E-state index contributed by atoms with van der Waals surface area (Å²) in [5.41, 5.74) is 0.565. The Kier molecular flexibility index (Phi) is 5.60. The number of carboxylic acids is 1. The molecule has 2 aromatic rings. The number of ether oxygens (including phenoxy) is 2. The highest BCUT2D eigenvalue weighted by molar-refractivity contribution is 5.91. The van der Waals surface area contributed by atoms with Crippen LogP contribution in [0.1, 0.15) is 24.2 Å². The SMILES string of the molecule is CCOC1=C(C(=O)O)C(OC)c2cc(F)c(F)cc2N1Cc1cccc(F)c1. The molecule has 3 rings (SSSR count). The minimum absolute atomic E-state index is 0.0155. The van der Waals surface area contributed by atoms with E-state index in [9.17, 15) is 23.1 Å². The van der Waals surface area contributed by atoms with Gasteiger partial charge in [-0.05, 0) is 30.7 Å². The van der Waals surface area contributed by atoms with Crippen LogP contribution in [0, 0.1) is 17.5 Å². The van der Waals surface area contributed by atoms with Gasteiger partial charge in [0.1, 0.15) is 17.5 Å². The van der Waals surface area contributed by atoms with Crippen LogP contribution in [0.2, 0.25) is 0 Å². The fourth-order valence-corrected chi connectivity index (χ4v) is 3.23. The highest BCUT2D eigenvalue weighted by atomic mass is 19.2. The normalized spacial score (nSPS) is 16.2. The van der Waals surface area contributed by atoms with Crippen LogP contribution in [-0.4, -0.2) is 24.8 Å². The van der Waals surface area contributed by atoms with Crippen LogP contribution in [0.15, 0.2) is 47.9 Å². The second-order valence-corrected chi connectivity index (χ2v) is 6.11. The fourth-order valence-electron chi connectivity index (χ4n) is 3.23. The average molecular weight is 393 g/mol. The van der Waals surface area contributed by atoms with Crippen molar-refractivity contribution in [2.45, 2.75) is 19.6 Å². The number of benzene rings is 2. The van der Waals surface area contributed by atoms with E-state index >= 15 is 0 Å². The van der Waals surface area contributed by atoms with Crippen LogP contribution < -0.4 is 4.90 Å². The zero-order valence-corrected chi connectivity index (χ0v) is 15.2. The first-order valence-electron chi connectivity index (χ1n) is 8.51. The highest BCUT2D eigenvalue weighted by Gasteiger charge is 2.39. The quantitative estimate of drug-likeness (QED) is 0.799. The van der Waals surface area contributed by atoms with Crippen molar-refractivity contribution in [3.8, 4) is 0 Å². The van der Waals surface area contributed by atoms with Gasteiger partial charge in [0.05, 0.1) is 18.8 Å². The Balaban J connectivity index is 2.23. The number of carboxylic acid groups (broad SMARTS) is 1. The van der Waals surface area contributed by atoms with Crippen molar-refractivity contribution in [1.29, 1.82) is 0 Å². The summed E-state index contributed by atoms with van der Waals surface area (Å²) in [6, 6.07) is 7.53. The molecule has 0 aromatic heterocycles. The van der Waals surface area contributed by atoms with Gasteiger partial charge in [-0.2, -0.15) is 0 Å². The highest BCUT2D eigenvalue weighted by Crippen LogP contribution is 2.43. The molecular weight excluding hydrogens is 375 g/mol. The number of aliphatic carboxylic acids is 1. The Hall–Kier alpha value is -3.00. The molecule has 0 saturated heterocycles. The lowest BCUT2D eigenvalue weighted by atomic mass is 9.94. The number of methoxy groups -OCH3 is 1. The third kappa shape index (κ3) is 3.55. The number of anilines is 1. The second-order valence-electron chi connectivity index (χ2n) is 6.11. The van der Waals surface area contributed by atoms with Gasteiger partial charge in [-0.3, -0.25) is 0 Å². The van der Waals surface area contributed by atoms with E-state index in [1.165, 1.54) is 30.2 Å². The maximum Gasteiger partial charge on any atom is 0.340 e. The Morgan fingerprint density at radius 2 is 1.89 bits per heavy atom. The van der Waals surface area contributed by atoms with E-state index < -0.39 is 29.5 Å². The van der Waals surface area contributed by atoms with E-state index in [0.29, 0.717) is 5.56 Å². The summed E-state index contributed by atoms with van der Waals surface area (Å²) in [4.78, 5) is 13.3. The van der Waals surface area contributed by atoms with Crippen molar-refractivity contribution < 1.29 is 32.5 Å². The molecule has 0 fully saturated rings. The molecule has 1 atom stereocenters. The Bertz CT molecular complexity index is 945. The maximum atomic E-state index is 14.0. The Labute approximate surface area is 159 Å². The van der Waals surface area contributed by atoms with E-state index in [2.05, 4.69) is 0 Å². The molecule has 0 spiro atoms. The number of halogens is 3. The van der Waals surface area contributed by atoms with Crippen LogP contribution in [0.5, 0.6) is 0 Å². The third-order valence-corrected chi connectivity index (χ3v) is 4.36. The molecule has 2 aromatic carbocycles. The predicted octanol–water partition coefficient (Wildman–Crippen LogP) is 4.14. The van der Waals surface area contributed by atoms with Gasteiger partial charge in [0.15, 0.2) is 11.6 Å². The Morgan fingerprint density at radius 1 is 1.18 bits per heavy atom. The number of hydrogen-bond acceptors (Lipinski definition) is 4. The lowest BCUT2D eigenvalue weighted by molar-refractivity contribution is -0.134. The number of hydrogen-bond donors (Lipinski definition) is 1. The van der Waals surface area contributed by atoms with Gasteiger partial charge in [0.2, 0.25) is 5.88 Å². The zero-order chi connectivity index (χ0) is 20.4. The van der Waals surface area contributed by atoms with E-state index in [1.54, 1.807) is 13.0 Å². The van der Waals surface area contributed by atoms with Crippen molar-refractivity contribution in [3.05, 3.63) is 76.4 Å². The first kappa shape index (κ1) is 19.8. The van der Waals surface area contributed by atoms with Crippen LogP contribution in [-0.2, 0) is 20.8 Å². The van der Waals surface area contributed by atoms with Crippen molar-refractivity contribution >= 4 is 11.7 Å². The van der Waals surface area contributed by atoms with Gasteiger partial charge in [-0.25, -0.2) is 18.0 Å². The second kappa shape index (κ2) is 7.93. The fraction of sp³-hybridized carbons (Fsp3) is 0.250. The van der Waals surface area contributed by atoms with Gasteiger partial charge >= 0.3 is 5.97 Å². The van der Waals surface area contributed by atoms with Gasteiger partial charge in [0, 0.05) is 18.7 Å². The maximum absolute atomic E-state index is 14.0. The number of carbonyl (C=O) groups is 1. The van der Waals surface area contributed by atoms with Crippen molar-refractivity contribution in [3.63, 3.8) is 0 Å². The van der Waals surface area contributed by atoms with E-state index in [-0.39, 0.29) is 35.9 Å². The molecule has 0 aliphatic carbocycles. The minimum atomic E-state index is -1.32. The van der Waals surface area contributed by atoms with E-state index in [4.69, 9.17) is 9.47 Å². The van der Waals surface area contributed by atoms with Crippen LogP contribution in [0.3, 0.4) is 0 Å². The molecule has 1 aliphatic rings. The number of fused-ring (bicyclic) bond motifs is 1. The van der Waals surface area contributed by atoms with Crippen molar-refractivity contribution in [2.75, 3.05) is 18.6 Å². The molecule has 0 bridgehead atoms. The smallest absolute Gasteiger partial charge is 0.340 e. The van der Waals surface area contributed by atoms with Crippen LogP contribution in [0.4, 0.5) is 18.9 Å². The first-order valence-corrected chi connectivity index (χ1v) is 8.51. The largest absolute Gasteiger partial charge is 0.479 e. The molecule has 0 radical (unpaired) electrons. The lowest BCUT2D eigenvalue weighted by Crippen LogP contribution is -2.34. The van der Waals surface area contributed by atoms with Gasteiger partial charge in [0.25, 0.3) is 0 Å². The zero-order valence-electron chi connectivity index (χ0n) is 15.2. The minimum Gasteiger partial charge on any atom is -0.479 e. The van der Waals surface area contributed by atoms with Gasteiger partial charge in [-0.15, -0.1) is 0 Å². The predicted molar refractivity (Wildman–Crippen MR) is 95.0 cm³/mol. The van der Waals surface area contributed by atoms with E-state index in [1.807, 2.05) is 0 Å². The summed E-state index contributed by atoms with van der Waals surface area (Å²) < 4.78 is 52.4. The van der Waals surface area contributed by atoms with E-state index in [0.717, 1.165) is 12.1 Å². The molecule has 1 N–H and O–H groups in total. The Morgan fingerprint density at radius 3 is 2.50 bits per heavy atom. The molecular formula is C20H18F3NO4. The molecule has 0 saturated carbocycles. The van der Waals surface area contributed by atoms with Crippen LogP contribution >= 0.6 is 0 Å². The summed E-state index contributed by atoms with van der Waals surface area (Å²) in [6.07, 6.45) is -1.16.